The van der Waals surface area contributed by atoms with E-state index in [4.69, 9.17) is 15.2 Å². The standard InChI is InChI=1S/C14H14N2O3/c1-18-12-4-3-9(7-13(12)19-2)14(17)10-5-6-16-8-11(10)15/h3-8H,15H2,1-2H3. The molecular weight excluding hydrogens is 244 g/mol. The average Bonchev–Trinajstić information content (AvgIpc) is 2.46. The molecule has 0 fully saturated rings. The van der Waals surface area contributed by atoms with Crippen molar-refractivity contribution in [2.75, 3.05) is 20.0 Å². The van der Waals surface area contributed by atoms with Crippen LogP contribution in [0.5, 0.6) is 11.5 Å². The maximum absolute atomic E-state index is 12.3. The van der Waals surface area contributed by atoms with E-state index in [9.17, 15) is 4.79 Å². The number of carbonyl (C=O) groups is 1. The normalized spacial score (nSPS) is 10.0. The molecule has 98 valence electrons. The average molecular weight is 258 g/mol. The highest BCUT2D eigenvalue weighted by Gasteiger charge is 2.14. The van der Waals surface area contributed by atoms with Crippen LogP contribution in [-0.4, -0.2) is 25.0 Å². The Labute approximate surface area is 111 Å². The van der Waals surface area contributed by atoms with Crippen LogP contribution in [0.4, 0.5) is 5.69 Å². The second-order valence-corrected chi connectivity index (χ2v) is 3.86. The van der Waals surface area contributed by atoms with Crippen LogP contribution in [0.25, 0.3) is 0 Å². The number of methoxy groups -OCH3 is 2. The zero-order valence-corrected chi connectivity index (χ0v) is 10.7. The van der Waals surface area contributed by atoms with Gasteiger partial charge in [-0.2, -0.15) is 0 Å². The number of nitrogens with two attached hydrogens (primary N) is 1. The molecule has 0 atom stereocenters. The van der Waals surface area contributed by atoms with Crippen LogP contribution in [0, 0.1) is 0 Å². The van der Waals surface area contributed by atoms with E-state index < -0.39 is 0 Å². The van der Waals surface area contributed by atoms with E-state index in [1.807, 2.05) is 0 Å². The van der Waals surface area contributed by atoms with E-state index in [0.29, 0.717) is 28.3 Å². The molecule has 1 heterocycles. The maximum atomic E-state index is 12.3. The Hall–Kier alpha value is -2.56. The maximum Gasteiger partial charge on any atom is 0.195 e. The van der Waals surface area contributed by atoms with Gasteiger partial charge in [-0.25, -0.2) is 0 Å². The predicted octanol–water partition coefficient (Wildman–Crippen LogP) is 1.91. The fraction of sp³-hybridized carbons (Fsp3) is 0.143. The van der Waals surface area contributed by atoms with E-state index in [1.54, 1.807) is 31.4 Å². The molecule has 0 unspecified atom stereocenters. The molecule has 2 rings (SSSR count). The first-order chi connectivity index (χ1) is 9.17. The largest absolute Gasteiger partial charge is 0.493 e. The van der Waals surface area contributed by atoms with Gasteiger partial charge in [0.25, 0.3) is 0 Å². The molecule has 0 aliphatic carbocycles. The summed E-state index contributed by atoms with van der Waals surface area (Å²) >= 11 is 0. The smallest absolute Gasteiger partial charge is 0.195 e. The van der Waals surface area contributed by atoms with Crippen molar-refractivity contribution in [3.8, 4) is 11.5 Å². The molecule has 1 aromatic heterocycles. The Morgan fingerprint density at radius 2 is 1.89 bits per heavy atom. The van der Waals surface area contributed by atoms with Crippen LogP contribution in [0.2, 0.25) is 0 Å². The zero-order valence-electron chi connectivity index (χ0n) is 10.7. The lowest BCUT2D eigenvalue weighted by molar-refractivity contribution is 0.103. The van der Waals surface area contributed by atoms with E-state index in [-0.39, 0.29) is 5.78 Å². The molecule has 0 bridgehead atoms. The topological polar surface area (TPSA) is 74.4 Å². The van der Waals surface area contributed by atoms with E-state index >= 15 is 0 Å². The van der Waals surface area contributed by atoms with Crippen molar-refractivity contribution < 1.29 is 14.3 Å². The Morgan fingerprint density at radius 3 is 2.53 bits per heavy atom. The summed E-state index contributed by atoms with van der Waals surface area (Å²) in [5.41, 5.74) is 7.00. The molecule has 0 radical (unpaired) electrons. The Bertz CT molecular complexity index is 611. The van der Waals surface area contributed by atoms with Gasteiger partial charge in [-0.15, -0.1) is 0 Å². The van der Waals surface area contributed by atoms with E-state index in [0.717, 1.165) is 0 Å². The number of carbonyl (C=O) groups excluding carboxylic acids is 1. The molecule has 2 N–H and O–H groups in total. The summed E-state index contributed by atoms with van der Waals surface area (Å²) < 4.78 is 10.3. The Morgan fingerprint density at radius 1 is 1.16 bits per heavy atom. The third-order valence-corrected chi connectivity index (χ3v) is 2.74. The summed E-state index contributed by atoms with van der Waals surface area (Å²) in [5, 5.41) is 0. The van der Waals surface area contributed by atoms with Crippen LogP contribution < -0.4 is 15.2 Å². The second kappa shape index (κ2) is 5.39. The van der Waals surface area contributed by atoms with Gasteiger partial charge in [0.05, 0.1) is 26.1 Å². The molecule has 0 saturated heterocycles. The van der Waals surface area contributed by atoms with Crippen molar-refractivity contribution in [3.63, 3.8) is 0 Å². The van der Waals surface area contributed by atoms with Crippen molar-refractivity contribution >= 4 is 11.5 Å². The lowest BCUT2D eigenvalue weighted by Crippen LogP contribution is -2.06. The molecule has 2 aromatic rings. The van der Waals surface area contributed by atoms with Crippen LogP contribution in [0.1, 0.15) is 15.9 Å². The molecule has 5 nitrogen and oxygen atoms in total. The fourth-order valence-electron chi connectivity index (χ4n) is 1.75. The van der Waals surface area contributed by atoms with Gasteiger partial charge >= 0.3 is 0 Å². The zero-order chi connectivity index (χ0) is 13.8. The molecule has 0 spiro atoms. The Balaban J connectivity index is 2.42. The first-order valence-electron chi connectivity index (χ1n) is 5.63. The number of ether oxygens (including phenoxy) is 2. The second-order valence-electron chi connectivity index (χ2n) is 3.86. The number of rotatable bonds is 4. The molecule has 19 heavy (non-hydrogen) atoms. The van der Waals surface area contributed by atoms with Crippen molar-refractivity contribution in [2.24, 2.45) is 0 Å². The number of aromatic nitrogens is 1. The molecular formula is C14H14N2O3. The van der Waals surface area contributed by atoms with Gasteiger partial charge in [-0.05, 0) is 24.3 Å². The number of hydrogen-bond donors (Lipinski definition) is 1. The van der Waals surface area contributed by atoms with Gasteiger partial charge in [0, 0.05) is 17.3 Å². The monoisotopic (exact) mass is 258 g/mol. The number of nitrogens with zero attached hydrogens (tertiary/aromatic N) is 1. The SMILES string of the molecule is COc1ccc(C(=O)c2ccncc2N)cc1OC. The number of hydrogen-bond acceptors (Lipinski definition) is 5. The quantitative estimate of drug-likeness (QED) is 0.848. The van der Waals surface area contributed by atoms with Crippen LogP contribution in [-0.2, 0) is 0 Å². The highest BCUT2D eigenvalue weighted by Crippen LogP contribution is 2.29. The van der Waals surface area contributed by atoms with Gasteiger partial charge in [-0.1, -0.05) is 0 Å². The first-order valence-corrected chi connectivity index (χ1v) is 5.63. The van der Waals surface area contributed by atoms with Gasteiger partial charge in [0.1, 0.15) is 0 Å². The third-order valence-electron chi connectivity index (χ3n) is 2.74. The fourth-order valence-corrected chi connectivity index (χ4v) is 1.75. The van der Waals surface area contributed by atoms with Gasteiger partial charge in [0.15, 0.2) is 17.3 Å². The van der Waals surface area contributed by atoms with Crippen LogP contribution in [0.15, 0.2) is 36.7 Å². The van der Waals surface area contributed by atoms with Crippen LogP contribution in [0.3, 0.4) is 0 Å². The number of ketones is 1. The minimum Gasteiger partial charge on any atom is -0.493 e. The molecule has 0 aliphatic heterocycles. The summed E-state index contributed by atoms with van der Waals surface area (Å²) in [6.45, 7) is 0. The van der Waals surface area contributed by atoms with Crippen molar-refractivity contribution in [1.29, 1.82) is 0 Å². The number of benzene rings is 1. The van der Waals surface area contributed by atoms with Crippen LogP contribution >= 0.6 is 0 Å². The van der Waals surface area contributed by atoms with Gasteiger partial charge in [0.2, 0.25) is 0 Å². The van der Waals surface area contributed by atoms with Gasteiger partial charge < -0.3 is 15.2 Å². The van der Waals surface area contributed by atoms with Crippen molar-refractivity contribution in [2.45, 2.75) is 0 Å². The third kappa shape index (κ3) is 2.49. The number of nitrogen functional groups attached to an aromatic ring is 1. The summed E-state index contributed by atoms with van der Waals surface area (Å²) in [6, 6.07) is 6.57. The molecule has 0 amide bonds. The minimum absolute atomic E-state index is 0.180. The molecule has 0 aliphatic rings. The van der Waals surface area contributed by atoms with Crippen molar-refractivity contribution in [1.82, 2.24) is 4.98 Å². The predicted molar refractivity (Wildman–Crippen MR) is 71.6 cm³/mol. The Kier molecular flexibility index (Phi) is 3.66. The molecule has 0 saturated carbocycles. The highest BCUT2D eigenvalue weighted by molar-refractivity contribution is 6.12. The summed E-state index contributed by atoms with van der Waals surface area (Å²) in [4.78, 5) is 16.2. The summed E-state index contributed by atoms with van der Waals surface area (Å²) in [5.74, 6) is 0.892. The molecule has 1 aromatic carbocycles. The lowest BCUT2D eigenvalue weighted by atomic mass is 10.0. The molecule has 5 heteroatoms. The summed E-state index contributed by atoms with van der Waals surface area (Å²) in [6.07, 6.45) is 2.98. The highest BCUT2D eigenvalue weighted by atomic mass is 16.5. The van der Waals surface area contributed by atoms with Gasteiger partial charge in [-0.3, -0.25) is 9.78 Å². The minimum atomic E-state index is -0.180. The van der Waals surface area contributed by atoms with Crippen molar-refractivity contribution in [3.05, 3.63) is 47.8 Å². The number of anilines is 1. The lowest BCUT2D eigenvalue weighted by Gasteiger charge is -2.09. The van der Waals surface area contributed by atoms with E-state index in [1.165, 1.54) is 19.5 Å². The first kappa shape index (κ1) is 12.9. The van der Waals surface area contributed by atoms with E-state index in [2.05, 4.69) is 4.98 Å². The summed E-state index contributed by atoms with van der Waals surface area (Å²) in [7, 11) is 3.06. The number of pyridine rings is 1.